The number of likely N-dealkylation sites (N-methyl/N-ethyl adjacent to an activating group) is 1. The van der Waals surface area contributed by atoms with Crippen molar-refractivity contribution in [2.24, 2.45) is 10.7 Å². The highest BCUT2D eigenvalue weighted by Gasteiger charge is 2.52. The van der Waals surface area contributed by atoms with Gasteiger partial charge in [0.05, 0.1) is 24.1 Å². The Kier molecular flexibility index (Phi) is 2.98. The summed E-state index contributed by atoms with van der Waals surface area (Å²) in [5.41, 5.74) is 5.30. The Bertz CT molecular complexity index is 1190. The molecule has 0 amide bonds. The first kappa shape index (κ1) is 14.2. The van der Waals surface area contributed by atoms with Crippen LogP contribution in [0.15, 0.2) is 35.2 Å². The molecule has 2 saturated carbocycles. The maximum atomic E-state index is 13.7. The highest BCUT2D eigenvalue weighted by atomic mass is 19.4. The van der Waals surface area contributed by atoms with Crippen molar-refractivity contribution < 1.29 is 20.0 Å². The molecule has 0 aromatic carbocycles. The molecule has 30 heavy (non-hydrogen) atoms. The first-order valence-corrected chi connectivity index (χ1v) is 9.36. The molecule has 2 aliphatic carbocycles. The largest absolute Gasteiger partial charge is 0.421 e. The molecule has 1 aliphatic heterocycles. The second-order valence-corrected chi connectivity index (χ2v) is 7.62. The molecule has 1 unspecified atom stereocenters. The summed E-state index contributed by atoms with van der Waals surface area (Å²) in [5.74, 6) is -3.01. The number of nitrogens with two attached hydrogens (primary N) is 1. The van der Waals surface area contributed by atoms with Crippen molar-refractivity contribution in [3.8, 4) is 0 Å². The average molecular weight is 426 g/mol. The summed E-state index contributed by atoms with van der Waals surface area (Å²) in [6, 6.07) is 1.60. The van der Waals surface area contributed by atoms with E-state index in [1.54, 1.807) is 10.7 Å². The lowest BCUT2D eigenvalue weighted by Crippen LogP contribution is -2.53. The predicted molar refractivity (Wildman–Crippen MR) is 101 cm³/mol. The quantitative estimate of drug-likeness (QED) is 0.668. The summed E-state index contributed by atoms with van der Waals surface area (Å²) in [7, 11) is 0. The van der Waals surface area contributed by atoms with E-state index < -0.39 is 42.3 Å². The molecule has 0 radical (unpaired) electrons. The van der Waals surface area contributed by atoms with Gasteiger partial charge >= 0.3 is 6.18 Å². The standard InChI is InChI=1S/C18H22F3N9/c1-2-23-15-12(17(19,20)21)10-24-18(22,27-15)14-9-13(28-29(14)11-3-4-11)16(5-6-16)30-25-7-8-26-30/h7-11,24H,2-6,22H2,1H3,(H,23,27)/i1D3,2D2. The first-order valence-electron chi connectivity index (χ1n) is 11.9. The second kappa shape index (κ2) is 6.30. The number of hydrogen-bond acceptors (Lipinski definition) is 7. The van der Waals surface area contributed by atoms with Gasteiger partial charge in [0.1, 0.15) is 22.6 Å². The highest BCUT2D eigenvalue weighted by Crippen LogP contribution is 2.49. The average Bonchev–Trinajstić information content (AvgIpc) is 3.63. The maximum absolute atomic E-state index is 13.7. The molecule has 4 N–H and O–H groups in total. The smallest absolute Gasteiger partial charge is 0.370 e. The number of halogens is 3. The van der Waals surface area contributed by atoms with Crippen LogP contribution < -0.4 is 16.4 Å². The van der Waals surface area contributed by atoms with Crippen molar-refractivity contribution in [1.29, 1.82) is 0 Å². The summed E-state index contributed by atoms with van der Waals surface area (Å²) in [5, 5.41) is 17.4. The van der Waals surface area contributed by atoms with Gasteiger partial charge in [-0.3, -0.25) is 10.4 Å². The van der Waals surface area contributed by atoms with E-state index in [0.717, 1.165) is 12.8 Å². The molecule has 2 aromatic heterocycles. The topological polar surface area (TPSA) is 111 Å². The lowest BCUT2D eigenvalue weighted by Gasteiger charge is -2.32. The van der Waals surface area contributed by atoms with E-state index in [2.05, 4.69) is 25.6 Å². The van der Waals surface area contributed by atoms with Crippen LogP contribution in [-0.2, 0) is 11.3 Å². The Morgan fingerprint density at radius 1 is 1.37 bits per heavy atom. The fourth-order valence-corrected chi connectivity index (χ4v) is 3.64. The van der Waals surface area contributed by atoms with Crippen LogP contribution in [0.25, 0.3) is 0 Å². The van der Waals surface area contributed by atoms with Gasteiger partial charge in [-0.1, -0.05) is 0 Å². The van der Waals surface area contributed by atoms with E-state index in [9.17, 15) is 13.2 Å². The number of nitrogens with one attached hydrogen (secondary N) is 2. The summed E-state index contributed by atoms with van der Waals surface area (Å²) in [4.78, 5) is 5.51. The van der Waals surface area contributed by atoms with Gasteiger partial charge < -0.3 is 10.6 Å². The van der Waals surface area contributed by atoms with Crippen molar-refractivity contribution in [1.82, 2.24) is 35.4 Å². The van der Waals surface area contributed by atoms with Gasteiger partial charge in [0.25, 0.3) is 0 Å². The van der Waals surface area contributed by atoms with Gasteiger partial charge in [0, 0.05) is 19.6 Å². The minimum Gasteiger partial charge on any atom is -0.370 e. The van der Waals surface area contributed by atoms with Crippen LogP contribution in [0.3, 0.4) is 0 Å². The van der Waals surface area contributed by atoms with Crippen molar-refractivity contribution in [3.63, 3.8) is 0 Å². The van der Waals surface area contributed by atoms with Crippen molar-refractivity contribution in [2.75, 3.05) is 6.50 Å². The molecule has 9 nitrogen and oxygen atoms in total. The SMILES string of the molecule is [2H]C([2H])([2H])C([2H])([2H])NC1=NC(N)(c2cc(C3(n4nccn4)CC3)nn2C2CC2)NC=C1C(F)(F)F. The van der Waals surface area contributed by atoms with Crippen LogP contribution in [-0.4, -0.2) is 43.3 Å². The van der Waals surface area contributed by atoms with Crippen LogP contribution in [0.4, 0.5) is 13.2 Å². The summed E-state index contributed by atoms with van der Waals surface area (Å²) in [6.07, 6.45) is 1.68. The molecule has 3 heterocycles. The van der Waals surface area contributed by atoms with Gasteiger partial charge in [-0.2, -0.15) is 33.3 Å². The van der Waals surface area contributed by atoms with Crippen molar-refractivity contribution in [3.05, 3.63) is 41.6 Å². The molecular formula is C18H22F3N9. The molecule has 0 bridgehead atoms. The Morgan fingerprint density at radius 3 is 2.70 bits per heavy atom. The number of amidine groups is 1. The van der Waals surface area contributed by atoms with Crippen LogP contribution >= 0.6 is 0 Å². The monoisotopic (exact) mass is 426 g/mol. The molecule has 12 heteroatoms. The van der Waals surface area contributed by atoms with Gasteiger partial charge in [-0.05, 0) is 38.6 Å². The predicted octanol–water partition coefficient (Wildman–Crippen LogP) is 1.47. The Balaban J connectivity index is 1.58. The molecule has 0 spiro atoms. The van der Waals surface area contributed by atoms with Crippen molar-refractivity contribution >= 4 is 5.84 Å². The summed E-state index contributed by atoms with van der Waals surface area (Å²) in [6.45, 7) is -6.48. The number of alkyl halides is 3. The second-order valence-electron chi connectivity index (χ2n) is 7.62. The van der Waals surface area contributed by atoms with Gasteiger partial charge in [-0.25, -0.2) is 4.99 Å². The number of hydrogen-bond donors (Lipinski definition) is 3. The van der Waals surface area contributed by atoms with E-state index in [0.29, 0.717) is 24.7 Å². The van der Waals surface area contributed by atoms with E-state index in [1.165, 1.54) is 17.2 Å². The highest BCUT2D eigenvalue weighted by molar-refractivity contribution is 6.00. The normalized spacial score (nSPS) is 28.7. The number of nitrogens with zero attached hydrogens (tertiary/aromatic N) is 6. The molecule has 2 aromatic rings. The lowest BCUT2D eigenvalue weighted by atomic mass is 10.1. The molecule has 160 valence electrons. The Labute approximate surface area is 177 Å². The lowest BCUT2D eigenvalue weighted by molar-refractivity contribution is -0.0872. The molecule has 5 rings (SSSR count). The van der Waals surface area contributed by atoms with E-state index in [1.807, 2.05) is 5.32 Å². The minimum atomic E-state index is -4.96. The van der Waals surface area contributed by atoms with Crippen LogP contribution in [0, 0.1) is 0 Å². The number of aliphatic imine (C=N–C) groups is 1. The first-order chi connectivity index (χ1) is 16.2. The van der Waals surface area contributed by atoms with Crippen molar-refractivity contribution in [2.45, 2.75) is 56.1 Å². The summed E-state index contributed by atoms with van der Waals surface area (Å²) < 4.78 is 80.3. The van der Waals surface area contributed by atoms with Crippen LogP contribution in [0.5, 0.6) is 0 Å². The molecular weight excluding hydrogens is 399 g/mol. The molecule has 3 aliphatic rings. The van der Waals surface area contributed by atoms with Gasteiger partial charge in [0.15, 0.2) is 0 Å². The minimum absolute atomic E-state index is 0.0317. The number of rotatable bonds is 5. The Morgan fingerprint density at radius 2 is 2.10 bits per heavy atom. The number of aromatic nitrogens is 5. The third-order valence-electron chi connectivity index (χ3n) is 5.49. The third kappa shape index (κ3) is 2.97. The molecule has 2 fully saturated rings. The zero-order chi connectivity index (χ0) is 25.4. The Hall–Kier alpha value is -2.89. The van der Waals surface area contributed by atoms with Gasteiger partial charge in [0.2, 0.25) is 5.79 Å². The zero-order valence-corrected chi connectivity index (χ0v) is 15.6. The van der Waals surface area contributed by atoms with Crippen LogP contribution in [0.2, 0.25) is 0 Å². The van der Waals surface area contributed by atoms with E-state index in [4.69, 9.17) is 12.6 Å². The fraction of sp³-hybridized carbons (Fsp3) is 0.556. The zero-order valence-electron chi connectivity index (χ0n) is 20.6. The van der Waals surface area contributed by atoms with E-state index in [-0.39, 0.29) is 11.7 Å². The van der Waals surface area contributed by atoms with Crippen LogP contribution in [0.1, 0.15) is 56.8 Å². The third-order valence-corrected chi connectivity index (χ3v) is 5.49. The van der Waals surface area contributed by atoms with Gasteiger partial charge in [-0.15, -0.1) is 0 Å². The summed E-state index contributed by atoms with van der Waals surface area (Å²) >= 11 is 0. The fourth-order valence-electron chi connectivity index (χ4n) is 3.64. The molecule has 1 atom stereocenters. The van der Waals surface area contributed by atoms with E-state index >= 15 is 0 Å². The molecule has 0 saturated heterocycles. The maximum Gasteiger partial charge on any atom is 0.421 e.